The van der Waals surface area contributed by atoms with Gasteiger partial charge in [-0.05, 0) is 24.3 Å². The lowest BCUT2D eigenvalue weighted by Gasteiger charge is -2.18. The van der Waals surface area contributed by atoms with Gasteiger partial charge in [-0.1, -0.05) is 23.7 Å². The van der Waals surface area contributed by atoms with E-state index < -0.39 is 11.7 Å². The van der Waals surface area contributed by atoms with Gasteiger partial charge in [0.15, 0.2) is 0 Å². The number of hydrogen-bond acceptors (Lipinski definition) is 2. The van der Waals surface area contributed by atoms with Crippen molar-refractivity contribution in [2.45, 2.75) is 6.42 Å². The molecule has 0 N–H and O–H groups in total. The average molecular weight is 293 g/mol. The second-order valence-electron chi connectivity index (χ2n) is 4.39. The van der Waals surface area contributed by atoms with Crippen LogP contribution in [0.5, 0.6) is 0 Å². The molecule has 1 amide bonds. The molecule has 0 unspecified atom stereocenters. The van der Waals surface area contributed by atoms with Gasteiger partial charge in [-0.3, -0.25) is 9.78 Å². The van der Waals surface area contributed by atoms with Crippen LogP contribution in [0.4, 0.5) is 4.39 Å². The molecule has 0 radical (unpaired) electrons. The van der Waals surface area contributed by atoms with E-state index in [9.17, 15) is 9.18 Å². The SMILES string of the molecule is CN(CCc1ccccn1)C(=O)c1c(F)cccc1Cl. The maximum absolute atomic E-state index is 13.7. The topological polar surface area (TPSA) is 33.2 Å². The molecule has 0 fully saturated rings. The smallest absolute Gasteiger partial charge is 0.258 e. The molecule has 2 rings (SSSR count). The number of hydrogen-bond donors (Lipinski definition) is 0. The zero-order chi connectivity index (χ0) is 14.5. The van der Waals surface area contributed by atoms with Gasteiger partial charge in [-0.25, -0.2) is 4.39 Å². The van der Waals surface area contributed by atoms with Crippen LogP contribution in [0.15, 0.2) is 42.6 Å². The van der Waals surface area contributed by atoms with Crippen molar-refractivity contribution in [3.8, 4) is 0 Å². The van der Waals surface area contributed by atoms with Crippen LogP contribution in [0.3, 0.4) is 0 Å². The number of aromatic nitrogens is 1. The number of benzene rings is 1. The highest BCUT2D eigenvalue weighted by Crippen LogP contribution is 2.20. The summed E-state index contributed by atoms with van der Waals surface area (Å²) in [6, 6.07) is 9.81. The molecule has 3 nitrogen and oxygen atoms in total. The predicted octanol–water partition coefficient (Wildman–Crippen LogP) is 3.19. The zero-order valence-corrected chi connectivity index (χ0v) is 11.8. The highest BCUT2D eigenvalue weighted by Gasteiger charge is 2.19. The average Bonchev–Trinajstić information content (AvgIpc) is 2.45. The predicted molar refractivity (Wildman–Crippen MR) is 76.3 cm³/mol. The number of nitrogens with zero attached hydrogens (tertiary/aromatic N) is 2. The van der Waals surface area contributed by atoms with Gasteiger partial charge >= 0.3 is 0 Å². The first-order valence-corrected chi connectivity index (χ1v) is 6.57. The van der Waals surface area contributed by atoms with Crippen LogP contribution in [0.2, 0.25) is 5.02 Å². The Morgan fingerprint density at radius 2 is 2.10 bits per heavy atom. The molecule has 0 aliphatic heterocycles. The maximum Gasteiger partial charge on any atom is 0.258 e. The molecule has 1 heterocycles. The first-order chi connectivity index (χ1) is 9.59. The Kier molecular flexibility index (Phi) is 4.69. The molecular formula is C15H14ClFN2O. The quantitative estimate of drug-likeness (QED) is 0.867. The summed E-state index contributed by atoms with van der Waals surface area (Å²) in [4.78, 5) is 17.8. The van der Waals surface area contributed by atoms with E-state index in [2.05, 4.69) is 4.98 Å². The van der Waals surface area contributed by atoms with Crippen LogP contribution < -0.4 is 0 Å². The van der Waals surface area contributed by atoms with Gasteiger partial charge in [0.2, 0.25) is 0 Å². The van der Waals surface area contributed by atoms with Crippen LogP contribution >= 0.6 is 11.6 Å². The third-order valence-electron chi connectivity index (χ3n) is 2.95. The minimum absolute atomic E-state index is 0.0855. The number of likely N-dealkylation sites (N-methyl/N-ethyl adjacent to an activating group) is 1. The Morgan fingerprint density at radius 3 is 2.75 bits per heavy atom. The van der Waals surface area contributed by atoms with Gasteiger partial charge in [0.1, 0.15) is 5.82 Å². The molecule has 0 saturated heterocycles. The van der Waals surface area contributed by atoms with Crippen molar-refractivity contribution in [2.75, 3.05) is 13.6 Å². The van der Waals surface area contributed by atoms with E-state index in [4.69, 9.17) is 11.6 Å². The molecule has 0 aliphatic carbocycles. The van der Waals surface area contributed by atoms with Gasteiger partial charge in [0.05, 0.1) is 10.6 Å². The van der Waals surface area contributed by atoms with Crippen molar-refractivity contribution in [1.29, 1.82) is 0 Å². The Labute approximate surface area is 122 Å². The van der Waals surface area contributed by atoms with Crippen LogP contribution in [-0.4, -0.2) is 29.4 Å². The summed E-state index contributed by atoms with van der Waals surface area (Å²) >= 11 is 5.89. The summed E-state index contributed by atoms with van der Waals surface area (Å²) in [6.07, 6.45) is 2.31. The van der Waals surface area contributed by atoms with Gasteiger partial charge in [-0.2, -0.15) is 0 Å². The summed E-state index contributed by atoms with van der Waals surface area (Å²) in [7, 11) is 1.62. The minimum atomic E-state index is -0.604. The standard InChI is InChI=1S/C15H14ClFN2O/c1-19(10-8-11-5-2-3-9-18-11)15(20)14-12(16)6-4-7-13(14)17/h2-7,9H,8,10H2,1H3. The fourth-order valence-corrected chi connectivity index (χ4v) is 2.07. The van der Waals surface area contributed by atoms with Crippen molar-refractivity contribution in [3.05, 3.63) is 64.7 Å². The molecule has 0 aliphatic rings. The van der Waals surface area contributed by atoms with E-state index in [0.717, 1.165) is 5.69 Å². The molecular weight excluding hydrogens is 279 g/mol. The summed E-state index contributed by atoms with van der Waals surface area (Å²) in [5, 5.41) is 0.125. The molecule has 104 valence electrons. The van der Waals surface area contributed by atoms with Crippen LogP contribution in [0.1, 0.15) is 16.1 Å². The molecule has 2 aromatic rings. The second-order valence-corrected chi connectivity index (χ2v) is 4.80. The van der Waals surface area contributed by atoms with Crippen LogP contribution in [0.25, 0.3) is 0 Å². The maximum atomic E-state index is 13.7. The zero-order valence-electron chi connectivity index (χ0n) is 11.0. The van der Waals surface area contributed by atoms with Crippen molar-refractivity contribution in [2.24, 2.45) is 0 Å². The summed E-state index contributed by atoms with van der Waals surface area (Å²) < 4.78 is 13.7. The number of carbonyl (C=O) groups is 1. The van der Waals surface area contributed by atoms with Gasteiger partial charge in [0, 0.05) is 31.9 Å². The summed E-state index contributed by atoms with van der Waals surface area (Å²) in [5.74, 6) is -1.03. The van der Waals surface area contributed by atoms with E-state index in [1.165, 1.54) is 23.1 Å². The van der Waals surface area contributed by atoms with Gasteiger partial charge in [0.25, 0.3) is 5.91 Å². The largest absolute Gasteiger partial charge is 0.341 e. The highest BCUT2D eigenvalue weighted by molar-refractivity contribution is 6.33. The molecule has 0 spiro atoms. The first kappa shape index (κ1) is 14.5. The van der Waals surface area contributed by atoms with E-state index in [1.807, 2.05) is 18.2 Å². The van der Waals surface area contributed by atoms with Gasteiger partial charge in [-0.15, -0.1) is 0 Å². The van der Waals surface area contributed by atoms with Crippen molar-refractivity contribution in [3.63, 3.8) is 0 Å². The third kappa shape index (κ3) is 3.33. The number of halogens is 2. The van der Waals surface area contributed by atoms with E-state index in [0.29, 0.717) is 13.0 Å². The Bertz CT molecular complexity index is 584. The molecule has 0 bridgehead atoms. The molecule has 1 aromatic carbocycles. The molecule has 0 atom stereocenters. The number of rotatable bonds is 4. The molecule has 20 heavy (non-hydrogen) atoms. The Morgan fingerprint density at radius 1 is 1.30 bits per heavy atom. The third-order valence-corrected chi connectivity index (χ3v) is 3.27. The van der Waals surface area contributed by atoms with Crippen molar-refractivity contribution < 1.29 is 9.18 Å². The Balaban J connectivity index is 2.06. The van der Waals surface area contributed by atoms with Crippen LogP contribution in [0, 0.1) is 5.82 Å². The number of amides is 1. The normalized spacial score (nSPS) is 10.3. The fourth-order valence-electron chi connectivity index (χ4n) is 1.82. The summed E-state index contributed by atoms with van der Waals surface area (Å²) in [5.41, 5.74) is 0.796. The fraction of sp³-hybridized carbons (Fsp3) is 0.200. The monoisotopic (exact) mass is 292 g/mol. The minimum Gasteiger partial charge on any atom is -0.341 e. The molecule has 5 heteroatoms. The lowest BCUT2D eigenvalue weighted by atomic mass is 10.1. The first-order valence-electron chi connectivity index (χ1n) is 6.19. The van der Waals surface area contributed by atoms with Crippen molar-refractivity contribution in [1.82, 2.24) is 9.88 Å². The number of pyridine rings is 1. The van der Waals surface area contributed by atoms with E-state index in [-0.39, 0.29) is 10.6 Å². The Hall–Kier alpha value is -1.94. The van der Waals surface area contributed by atoms with Crippen molar-refractivity contribution >= 4 is 17.5 Å². The number of carbonyl (C=O) groups excluding carboxylic acids is 1. The summed E-state index contributed by atoms with van der Waals surface area (Å²) in [6.45, 7) is 0.445. The van der Waals surface area contributed by atoms with E-state index >= 15 is 0 Å². The highest BCUT2D eigenvalue weighted by atomic mass is 35.5. The lowest BCUT2D eigenvalue weighted by Crippen LogP contribution is -2.30. The molecule has 0 saturated carbocycles. The lowest BCUT2D eigenvalue weighted by molar-refractivity contribution is 0.0792. The van der Waals surface area contributed by atoms with Crippen LogP contribution in [-0.2, 0) is 6.42 Å². The van der Waals surface area contributed by atoms with E-state index in [1.54, 1.807) is 13.2 Å². The molecule has 1 aromatic heterocycles. The second kappa shape index (κ2) is 6.48. The van der Waals surface area contributed by atoms with Gasteiger partial charge < -0.3 is 4.90 Å².